The van der Waals surface area contributed by atoms with Gasteiger partial charge in [0.2, 0.25) is 5.91 Å². The molecule has 1 saturated heterocycles. The third-order valence-electron chi connectivity index (χ3n) is 3.98. The number of aryl methyl sites for hydroxylation is 1. The van der Waals surface area contributed by atoms with Gasteiger partial charge in [0, 0.05) is 13.1 Å². The van der Waals surface area contributed by atoms with Gasteiger partial charge in [0.1, 0.15) is 13.2 Å². The number of rotatable bonds is 9. The molecule has 1 aromatic carbocycles. The summed E-state index contributed by atoms with van der Waals surface area (Å²) in [6, 6.07) is 3.45. The van der Waals surface area contributed by atoms with Crippen LogP contribution in [0, 0.1) is 6.92 Å². The summed E-state index contributed by atoms with van der Waals surface area (Å²) in [6.07, 6.45) is 2.99. The van der Waals surface area contributed by atoms with Crippen LogP contribution in [0.1, 0.15) is 22.3 Å². The molecule has 0 bridgehead atoms. The quantitative estimate of drug-likeness (QED) is 0.385. The van der Waals surface area contributed by atoms with Crippen molar-refractivity contribution < 1.29 is 23.8 Å². The zero-order valence-corrected chi connectivity index (χ0v) is 15.2. The standard InChI is InChI=1S/C20H25NO5/c1-4-10-25-19-15(3)6-7-16(20(19)26-11-5-2)17(22)14-18(23)21-8-12-24-13-9-21/h4-7H,1-2,8-14H2,3H3. The largest absolute Gasteiger partial charge is 0.485 e. The number of hydrogen-bond donors (Lipinski definition) is 0. The summed E-state index contributed by atoms with van der Waals surface area (Å²) in [7, 11) is 0. The molecular formula is C20H25NO5. The van der Waals surface area contributed by atoms with Crippen molar-refractivity contribution in [3.8, 4) is 11.5 Å². The zero-order valence-electron chi connectivity index (χ0n) is 15.2. The number of ketones is 1. The van der Waals surface area contributed by atoms with Crippen LogP contribution >= 0.6 is 0 Å². The Morgan fingerprint density at radius 1 is 1.12 bits per heavy atom. The molecule has 0 atom stereocenters. The molecule has 0 N–H and O–H groups in total. The maximum atomic E-state index is 12.8. The minimum atomic E-state index is -0.302. The number of carbonyl (C=O) groups is 2. The topological polar surface area (TPSA) is 65.1 Å². The lowest BCUT2D eigenvalue weighted by Crippen LogP contribution is -2.41. The van der Waals surface area contributed by atoms with E-state index in [0.717, 1.165) is 5.56 Å². The molecule has 1 heterocycles. The van der Waals surface area contributed by atoms with Crippen LogP contribution < -0.4 is 9.47 Å². The second-order valence-electron chi connectivity index (χ2n) is 5.88. The molecule has 1 aromatic rings. The van der Waals surface area contributed by atoms with Crippen LogP contribution in [0.15, 0.2) is 37.4 Å². The maximum absolute atomic E-state index is 12.8. The number of hydrogen-bond acceptors (Lipinski definition) is 5. The molecule has 0 aliphatic carbocycles. The first kappa shape index (κ1) is 19.7. The van der Waals surface area contributed by atoms with Gasteiger partial charge in [0.25, 0.3) is 0 Å². The molecule has 0 radical (unpaired) electrons. The van der Waals surface area contributed by atoms with Crippen LogP contribution in [0.25, 0.3) is 0 Å². The first-order chi connectivity index (χ1) is 12.6. The van der Waals surface area contributed by atoms with Crippen LogP contribution in [0.4, 0.5) is 0 Å². The van der Waals surface area contributed by atoms with Gasteiger partial charge in [-0.1, -0.05) is 31.4 Å². The molecule has 2 rings (SSSR count). The molecule has 0 spiro atoms. The summed E-state index contributed by atoms with van der Waals surface area (Å²) in [5.74, 6) is 0.314. The number of Topliss-reactive ketones (excluding diaryl/α,β-unsaturated/α-hetero) is 1. The third-order valence-corrected chi connectivity index (χ3v) is 3.98. The van der Waals surface area contributed by atoms with Crippen molar-refractivity contribution in [1.29, 1.82) is 0 Å². The van der Waals surface area contributed by atoms with Gasteiger partial charge in [-0.25, -0.2) is 0 Å². The summed E-state index contributed by atoms with van der Waals surface area (Å²) in [6.45, 7) is 11.7. The number of amides is 1. The number of benzene rings is 1. The van der Waals surface area contributed by atoms with Crippen molar-refractivity contribution in [3.05, 3.63) is 48.6 Å². The van der Waals surface area contributed by atoms with E-state index >= 15 is 0 Å². The van der Waals surface area contributed by atoms with Crippen molar-refractivity contribution in [2.75, 3.05) is 39.5 Å². The van der Waals surface area contributed by atoms with Crippen molar-refractivity contribution in [2.24, 2.45) is 0 Å². The molecule has 0 unspecified atom stereocenters. The Hall–Kier alpha value is -2.60. The molecular weight excluding hydrogens is 334 g/mol. The molecule has 1 fully saturated rings. The summed E-state index contributed by atoms with van der Waals surface area (Å²) >= 11 is 0. The average Bonchev–Trinajstić information content (AvgIpc) is 2.66. The van der Waals surface area contributed by atoms with Gasteiger partial charge < -0.3 is 19.1 Å². The third kappa shape index (κ3) is 4.95. The SMILES string of the molecule is C=CCOc1c(C)ccc(C(=O)CC(=O)N2CCOCC2)c1OCC=C. The highest BCUT2D eigenvalue weighted by molar-refractivity contribution is 6.09. The Bertz CT molecular complexity index is 677. The predicted octanol–water partition coefficient (Wildman–Crippen LogP) is 2.56. The predicted molar refractivity (Wildman–Crippen MR) is 98.9 cm³/mol. The molecule has 1 amide bonds. The Morgan fingerprint density at radius 3 is 2.35 bits per heavy atom. The van der Waals surface area contributed by atoms with E-state index in [-0.39, 0.29) is 31.3 Å². The molecule has 6 nitrogen and oxygen atoms in total. The lowest BCUT2D eigenvalue weighted by molar-refractivity contribution is -0.134. The molecule has 0 aromatic heterocycles. The van der Waals surface area contributed by atoms with E-state index in [2.05, 4.69) is 13.2 Å². The van der Waals surface area contributed by atoms with Gasteiger partial charge in [-0.15, -0.1) is 0 Å². The van der Waals surface area contributed by atoms with Gasteiger partial charge in [0.15, 0.2) is 17.3 Å². The lowest BCUT2D eigenvalue weighted by Gasteiger charge is -2.26. The average molecular weight is 359 g/mol. The normalized spacial score (nSPS) is 13.8. The fourth-order valence-electron chi connectivity index (χ4n) is 2.65. The lowest BCUT2D eigenvalue weighted by atomic mass is 10.0. The van der Waals surface area contributed by atoms with E-state index in [1.54, 1.807) is 29.2 Å². The van der Waals surface area contributed by atoms with E-state index in [9.17, 15) is 9.59 Å². The highest BCUT2D eigenvalue weighted by atomic mass is 16.5. The zero-order chi connectivity index (χ0) is 18.9. The van der Waals surface area contributed by atoms with E-state index in [4.69, 9.17) is 14.2 Å². The van der Waals surface area contributed by atoms with Crippen molar-refractivity contribution in [1.82, 2.24) is 4.90 Å². The van der Waals surface area contributed by atoms with Crippen molar-refractivity contribution in [3.63, 3.8) is 0 Å². The molecule has 6 heteroatoms. The van der Waals surface area contributed by atoms with E-state index in [1.807, 2.05) is 6.92 Å². The van der Waals surface area contributed by atoms with Crippen LogP contribution in [0.5, 0.6) is 11.5 Å². The molecule has 26 heavy (non-hydrogen) atoms. The molecule has 1 aliphatic rings. The van der Waals surface area contributed by atoms with E-state index in [1.165, 1.54) is 0 Å². The van der Waals surface area contributed by atoms with Crippen LogP contribution in [0.3, 0.4) is 0 Å². The maximum Gasteiger partial charge on any atom is 0.230 e. The first-order valence-corrected chi connectivity index (χ1v) is 8.58. The highest BCUT2D eigenvalue weighted by Gasteiger charge is 2.24. The summed E-state index contributed by atoms with van der Waals surface area (Å²) in [5.41, 5.74) is 1.17. The Labute approximate surface area is 154 Å². The fourth-order valence-corrected chi connectivity index (χ4v) is 2.65. The monoisotopic (exact) mass is 359 g/mol. The number of nitrogens with zero attached hydrogens (tertiary/aromatic N) is 1. The summed E-state index contributed by atoms with van der Waals surface area (Å²) in [5, 5.41) is 0. The van der Waals surface area contributed by atoms with Crippen LogP contribution in [-0.4, -0.2) is 56.1 Å². The molecule has 140 valence electrons. The highest BCUT2D eigenvalue weighted by Crippen LogP contribution is 2.36. The Balaban J connectivity index is 2.24. The van der Waals surface area contributed by atoms with Gasteiger partial charge >= 0.3 is 0 Å². The fraction of sp³-hybridized carbons (Fsp3) is 0.400. The van der Waals surface area contributed by atoms with Gasteiger partial charge in [0.05, 0.1) is 25.2 Å². The molecule has 0 saturated carbocycles. The summed E-state index contributed by atoms with van der Waals surface area (Å²) < 4.78 is 16.6. The minimum Gasteiger partial charge on any atom is -0.485 e. The Morgan fingerprint density at radius 2 is 1.73 bits per heavy atom. The number of ether oxygens (including phenoxy) is 3. The first-order valence-electron chi connectivity index (χ1n) is 8.58. The Kier molecular flexibility index (Phi) is 7.41. The molecule has 1 aliphatic heterocycles. The van der Waals surface area contributed by atoms with Gasteiger partial charge in [-0.05, 0) is 18.6 Å². The van der Waals surface area contributed by atoms with Crippen LogP contribution in [-0.2, 0) is 9.53 Å². The van der Waals surface area contributed by atoms with E-state index in [0.29, 0.717) is 43.4 Å². The summed E-state index contributed by atoms with van der Waals surface area (Å²) in [4.78, 5) is 26.8. The van der Waals surface area contributed by atoms with Gasteiger partial charge in [-0.2, -0.15) is 0 Å². The van der Waals surface area contributed by atoms with Crippen molar-refractivity contribution >= 4 is 11.7 Å². The number of carbonyl (C=O) groups excluding carboxylic acids is 2. The van der Waals surface area contributed by atoms with Gasteiger partial charge in [-0.3, -0.25) is 9.59 Å². The number of morpholine rings is 1. The van der Waals surface area contributed by atoms with E-state index < -0.39 is 0 Å². The second-order valence-corrected chi connectivity index (χ2v) is 5.88. The van der Waals surface area contributed by atoms with Crippen molar-refractivity contribution in [2.45, 2.75) is 13.3 Å². The smallest absolute Gasteiger partial charge is 0.230 e. The van der Waals surface area contributed by atoms with Crippen LogP contribution in [0.2, 0.25) is 0 Å². The minimum absolute atomic E-state index is 0.206. The second kappa shape index (κ2) is 9.77.